The van der Waals surface area contributed by atoms with E-state index in [-0.39, 0.29) is 57.5 Å². The molecule has 5 saturated heterocycles. The van der Waals surface area contributed by atoms with Crippen molar-refractivity contribution >= 4 is 79.2 Å². The average Bonchev–Trinajstić information content (AvgIpc) is 1.64. The van der Waals surface area contributed by atoms with Crippen LogP contribution in [0.15, 0.2) is 72.4 Å². The molecule has 7 aromatic rings. The Hall–Kier alpha value is -7.27. The van der Waals surface area contributed by atoms with Crippen molar-refractivity contribution in [1.29, 1.82) is 0 Å². The van der Waals surface area contributed by atoms with Crippen LogP contribution in [-0.2, 0) is 92.0 Å². The van der Waals surface area contributed by atoms with Crippen LogP contribution >= 0.6 is 39.3 Å². The Morgan fingerprint density at radius 2 is 1.00 bits per heavy atom. The van der Waals surface area contributed by atoms with Gasteiger partial charge in [0.2, 0.25) is 5.95 Å². The number of rotatable bonds is 31. The SMILES string of the molecule is Cc1cn(C2CC(OP(=O)(O)OCC3OC(n4cnc5c(=O)[nH]c(N)nc54)CC3OP(=O)(O)OCC3OC(n4cnc5c(N)ncnc54)CC3OP(=O)(O)OCC3OC(n4cc(C)c(=O)[nH]c4=O)CC3OP(=O)(O)OCC3OC(n4ccc(N)nc4=O)C(F)C3OC(C)C)C(CO[P+](=O)C(C)C)O2)c(=O)[nH]c1=O. The molecule has 12 heterocycles. The molecule has 0 saturated carbocycles. The van der Waals surface area contributed by atoms with E-state index in [9.17, 15) is 71.2 Å². The molecule has 0 bridgehead atoms. The summed E-state index contributed by atoms with van der Waals surface area (Å²) in [5.41, 5.74) is 11.8. The normalized spacial score (nSPS) is 29.1. The number of nitrogen functional groups attached to an aromatic ring is 3. The molecule has 0 spiro atoms. The van der Waals surface area contributed by atoms with Crippen molar-refractivity contribution in [3.8, 4) is 0 Å². The molecule has 21 unspecified atom stereocenters. The first kappa shape index (κ1) is 80.3. The lowest BCUT2D eigenvalue weighted by Gasteiger charge is -2.26. The van der Waals surface area contributed by atoms with E-state index in [1.54, 1.807) is 27.7 Å². The number of imidazole rings is 2. The number of alkyl halides is 1. The number of H-pyrrole nitrogens is 3. The molecule has 53 heteroatoms. The number of nitrogens with two attached hydrogens (primary N) is 3. The van der Waals surface area contributed by atoms with E-state index in [2.05, 4.69) is 44.9 Å². The second kappa shape index (κ2) is 32.2. The Morgan fingerprint density at radius 1 is 0.565 bits per heavy atom. The summed E-state index contributed by atoms with van der Waals surface area (Å²) in [7, 11) is -24.2. The van der Waals surface area contributed by atoms with Crippen LogP contribution in [0.3, 0.4) is 0 Å². The van der Waals surface area contributed by atoms with Gasteiger partial charge in [0.25, 0.3) is 16.7 Å². The first-order chi connectivity index (χ1) is 50.9. The smallest absolute Gasteiger partial charge is 0.383 e. The van der Waals surface area contributed by atoms with Crippen molar-refractivity contribution in [2.45, 2.75) is 177 Å². The summed E-state index contributed by atoms with van der Waals surface area (Å²) in [6.45, 7) is 4.56. The molecule has 21 atom stereocenters. The molecule has 5 aliphatic heterocycles. The first-order valence-electron chi connectivity index (χ1n) is 32.8. The maximum absolute atomic E-state index is 16.1. The van der Waals surface area contributed by atoms with Gasteiger partial charge in [-0.05, 0) is 52.2 Å². The van der Waals surface area contributed by atoms with Crippen LogP contribution in [0.4, 0.5) is 22.0 Å². The third-order valence-corrected chi connectivity index (χ3v) is 22.7. The first-order valence-corrected chi connectivity index (χ1v) is 40.0. The van der Waals surface area contributed by atoms with Crippen LogP contribution in [0, 0.1) is 13.8 Å². The predicted octanol–water partition coefficient (Wildman–Crippen LogP) is 1.04. The lowest BCUT2D eigenvalue weighted by atomic mass is 10.1. The fourth-order valence-electron chi connectivity index (χ4n) is 12.3. The minimum absolute atomic E-state index is 0.00511. The highest BCUT2D eigenvalue weighted by atomic mass is 31.2. The van der Waals surface area contributed by atoms with Crippen LogP contribution < -0.4 is 50.9 Å². The maximum atomic E-state index is 16.1. The number of aromatic nitrogens is 14. The van der Waals surface area contributed by atoms with E-state index in [4.69, 9.17) is 86.3 Å². The van der Waals surface area contributed by atoms with Gasteiger partial charge < -0.3 is 65.2 Å². The van der Waals surface area contributed by atoms with E-state index >= 15 is 4.39 Å². The van der Waals surface area contributed by atoms with Gasteiger partial charge >= 0.3 is 56.4 Å². The summed E-state index contributed by atoms with van der Waals surface area (Å²) < 4.78 is 177. The van der Waals surface area contributed by atoms with E-state index in [0.717, 1.165) is 38.7 Å². The fourth-order valence-corrected chi connectivity index (χ4v) is 16.7. The Balaban J connectivity index is 0.760. The Morgan fingerprint density at radius 3 is 1.45 bits per heavy atom. The lowest BCUT2D eigenvalue weighted by Crippen LogP contribution is -2.37. The van der Waals surface area contributed by atoms with Gasteiger partial charge in [-0.25, -0.2) is 57.0 Å². The third-order valence-electron chi connectivity index (χ3n) is 17.4. The second-order valence-electron chi connectivity index (χ2n) is 25.8. The van der Waals surface area contributed by atoms with E-state index < -0.39 is 235 Å². The molecule has 47 nitrogen and oxygen atoms in total. The van der Waals surface area contributed by atoms with Gasteiger partial charge in [-0.2, -0.15) is 9.97 Å². The van der Waals surface area contributed by atoms with Crippen molar-refractivity contribution in [1.82, 2.24) is 67.7 Å². The van der Waals surface area contributed by atoms with Crippen LogP contribution in [0.5, 0.6) is 0 Å². The van der Waals surface area contributed by atoms with E-state index in [0.29, 0.717) is 0 Å². The van der Waals surface area contributed by atoms with Gasteiger partial charge in [0, 0.05) is 55.4 Å². The largest absolute Gasteiger partial charge is 0.510 e. The number of phosphoric acid groups is 4. The minimum Gasteiger partial charge on any atom is -0.383 e. The summed E-state index contributed by atoms with van der Waals surface area (Å²) >= 11 is 0. The number of aromatic amines is 3. The average molecular weight is 1630 g/mol. The highest BCUT2D eigenvalue weighted by Crippen LogP contribution is 2.55. The van der Waals surface area contributed by atoms with Crippen LogP contribution in [0.1, 0.15) is 95.6 Å². The zero-order valence-electron chi connectivity index (χ0n) is 57.5. The number of aryl methyl sites for hydroxylation is 2. The lowest BCUT2D eigenvalue weighted by molar-refractivity contribution is -0.0790. The second-order valence-corrected chi connectivity index (χ2v) is 33.3. The predicted molar refractivity (Wildman–Crippen MR) is 362 cm³/mol. The monoisotopic (exact) mass is 1630 g/mol. The summed E-state index contributed by atoms with van der Waals surface area (Å²) in [6, 6.07) is 1.21. The molecule has 5 aliphatic rings. The van der Waals surface area contributed by atoms with Crippen LogP contribution in [0.2, 0.25) is 0 Å². The topological polar surface area (TPSA) is 635 Å². The number of nitrogens with zero attached hydrogens (tertiary/aromatic N) is 11. The van der Waals surface area contributed by atoms with Crippen molar-refractivity contribution < 1.29 is 116 Å². The number of halogens is 1. The Kier molecular flexibility index (Phi) is 23.9. The van der Waals surface area contributed by atoms with Gasteiger partial charge in [0.05, 0.1) is 45.2 Å². The van der Waals surface area contributed by atoms with Crippen molar-refractivity contribution in [3.63, 3.8) is 0 Å². The number of nitrogens with one attached hydrogen (secondary N) is 3. The number of hydrogen-bond donors (Lipinski definition) is 10. The fraction of sp³-hybridized carbons (Fsp3) is 0.600. The van der Waals surface area contributed by atoms with E-state index in [1.807, 2.05) is 0 Å². The minimum atomic E-state index is -5.56. The molecular weight excluding hydrogens is 1550 g/mol. The maximum Gasteiger partial charge on any atom is 0.510 e. The van der Waals surface area contributed by atoms with Crippen molar-refractivity contribution in [2.75, 3.05) is 50.2 Å². The molecule has 0 aromatic carbocycles. The highest BCUT2D eigenvalue weighted by Gasteiger charge is 2.52. The molecule has 590 valence electrons. The number of anilines is 3. The molecule has 0 radical (unpaired) electrons. The zero-order valence-corrected chi connectivity index (χ0v) is 61.9. The molecule has 0 aliphatic carbocycles. The zero-order chi connectivity index (χ0) is 77.8. The van der Waals surface area contributed by atoms with Gasteiger partial charge in [0.15, 0.2) is 40.7 Å². The van der Waals surface area contributed by atoms with Gasteiger partial charge in [-0.1, -0.05) is 0 Å². The molecule has 5 fully saturated rings. The van der Waals surface area contributed by atoms with Crippen molar-refractivity contribution in [2.24, 2.45) is 0 Å². The number of fused-ring (bicyclic) bond motifs is 2. The van der Waals surface area contributed by atoms with Gasteiger partial charge in [0.1, 0.15) is 110 Å². The Labute approximate surface area is 605 Å². The van der Waals surface area contributed by atoms with Crippen LogP contribution in [-0.4, -0.2) is 199 Å². The molecular formula is C55H74FN17O30P5+. The van der Waals surface area contributed by atoms with E-state index in [1.165, 1.54) is 41.6 Å². The van der Waals surface area contributed by atoms with Gasteiger partial charge in [-0.15, -0.1) is 4.52 Å². The highest BCUT2D eigenvalue weighted by molar-refractivity contribution is 7.48. The summed E-state index contributed by atoms with van der Waals surface area (Å²) in [5.74, 6) is -0.599. The molecule has 0 amide bonds. The molecule has 13 N–H and O–H groups in total. The quantitative estimate of drug-likeness (QED) is 0.0271. The summed E-state index contributed by atoms with van der Waals surface area (Å²) in [5, 5.41) is 0. The third kappa shape index (κ3) is 18.3. The molecule has 108 heavy (non-hydrogen) atoms. The molecule has 12 rings (SSSR count). The van der Waals surface area contributed by atoms with Gasteiger partial charge in [-0.3, -0.25) is 88.4 Å². The number of ether oxygens (including phenoxy) is 6. The number of hydrogen-bond acceptors (Lipinski definition) is 35. The molecule has 7 aromatic heterocycles. The standard InChI is InChI=1S/C55H73FN17O30P5/c1-23(2)94-44-35(99-51(41(44)56)69-8-7-36(57)64-53(69)77)19-93-108(87,88)101-28-10-38(71-14-26(6)49(75)68-55(71)79)96-32(28)16-90-106(83,84)102-29-11-39(72-21-62-42-45(58)60-20-61-46(42)72)97-33(29)17-92-107(85,86)103-30-12-40(73-22-63-43-47(73)65-52(59)66-50(43)76)98-34(30)18-91-105(81,82)100-27-9-37(70-13-25(5)48(74)67-54(70)78)95-31(27)15-89-104(80)24(3)4/h7-8,13-14,20-24,27-35,37-41,44,51H,9-12,15-19H2,1-6H3,(H12-,57,58,59,60,61,64,65,66,67,68,74,75,76,77,78,79,81,82,83,84,85,86,87,88)/p+1. The van der Waals surface area contributed by atoms with Crippen molar-refractivity contribution in [3.05, 3.63) is 117 Å². The summed E-state index contributed by atoms with van der Waals surface area (Å²) in [4.78, 5) is 153. The summed E-state index contributed by atoms with van der Waals surface area (Å²) in [6.07, 6.45) is -20.7. The number of phosphoric ester groups is 4. The van der Waals surface area contributed by atoms with Crippen LogP contribution in [0.25, 0.3) is 22.3 Å². The Bertz CT molecular complexity index is 5100.